The Balaban J connectivity index is 1.81. The number of thiophene rings is 1. The van der Waals surface area contributed by atoms with E-state index in [0.29, 0.717) is 27.6 Å². The summed E-state index contributed by atoms with van der Waals surface area (Å²) in [5.74, 6) is -0.644. The van der Waals surface area contributed by atoms with Crippen molar-refractivity contribution >= 4 is 39.8 Å². The van der Waals surface area contributed by atoms with Crippen LogP contribution in [0.3, 0.4) is 0 Å². The monoisotopic (exact) mass is 426 g/mol. The molecule has 30 heavy (non-hydrogen) atoms. The van der Waals surface area contributed by atoms with Crippen molar-refractivity contribution in [1.82, 2.24) is 0 Å². The molecule has 156 valence electrons. The highest BCUT2D eigenvalue weighted by Gasteiger charge is 2.24. The summed E-state index contributed by atoms with van der Waals surface area (Å²) >= 11 is 1.22. The molecular weight excluding hydrogens is 404 g/mol. The Labute approximate surface area is 178 Å². The van der Waals surface area contributed by atoms with Crippen LogP contribution in [0.4, 0.5) is 10.7 Å². The first kappa shape index (κ1) is 21.3. The van der Waals surface area contributed by atoms with Gasteiger partial charge in [-0.1, -0.05) is 13.8 Å². The van der Waals surface area contributed by atoms with Gasteiger partial charge in [-0.05, 0) is 43.3 Å². The highest BCUT2D eigenvalue weighted by atomic mass is 32.1. The van der Waals surface area contributed by atoms with Gasteiger partial charge in [-0.25, -0.2) is 4.79 Å². The summed E-state index contributed by atoms with van der Waals surface area (Å²) in [4.78, 5) is 37.0. The first-order valence-electron chi connectivity index (χ1n) is 9.45. The Morgan fingerprint density at radius 3 is 2.43 bits per heavy atom. The zero-order valence-electron chi connectivity index (χ0n) is 16.9. The van der Waals surface area contributed by atoms with Gasteiger partial charge < -0.3 is 19.8 Å². The van der Waals surface area contributed by atoms with Gasteiger partial charge in [0.05, 0.1) is 12.9 Å². The van der Waals surface area contributed by atoms with Crippen LogP contribution in [0.25, 0.3) is 11.3 Å². The van der Waals surface area contributed by atoms with Gasteiger partial charge in [0.25, 0.3) is 5.91 Å². The number of rotatable bonds is 7. The standard InChI is InChI=1S/C22H22N2O5S/c1-4-28-22(27)18-16(17-6-5-11-29-17)12-30-21(18)24-20(26)14-7-9-15(10-8-14)23-19(25)13(2)3/h5-13H,4H2,1-3H3,(H,23,25)(H,24,26). The van der Waals surface area contributed by atoms with E-state index in [1.165, 1.54) is 17.6 Å². The summed E-state index contributed by atoms with van der Waals surface area (Å²) in [5.41, 5.74) is 1.81. The number of carbonyl (C=O) groups excluding carboxylic acids is 3. The summed E-state index contributed by atoms with van der Waals surface area (Å²) in [7, 11) is 0. The second-order valence-electron chi connectivity index (χ2n) is 6.73. The Hall–Kier alpha value is -3.39. The Morgan fingerprint density at radius 1 is 1.10 bits per heavy atom. The molecule has 0 unspecified atom stereocenters. The number of hydrogen-bond acceptors (Lipinski definition) is 6. The molecule has 0 radical (unpaired) electrons. The highest BCUT2D eigenvalue weighted by molar-refractivity contribution is 7.15. The van der Waals surface area contributed by atoms with Crippen LogP contribution in [0.5, 0.6) is 0 Å². The maximum absolute atomic E-state index is 12.7. The fourth-order valence-corrected chi connectivity index (χ4v) is 3.57. The first-order chi connectivity index (χ1) is 14.4. The smallest absolute Gasteiger partial charge is 0.341 e. The quantitative estimate of drug-likeness (QED) is 0.516. The number of benzene rings is 1. The van der Waals surface area contributed by atoms with Crippen molar-refractivity contribution in [2.24, 2.45) is 5.92 Å². The van der Waals surface area contributed by atoms with Crippen molar-refractivity contribution in [2.45, 2.75) is 20.8 Å². The number of nitrogens with one attached hydrogen (secondary N) is 2. The van der Waals surface area contributed by atoms with E-state index in [-0.39, 0.29) is 29.9 Å². The molecule has 0 aliphatic carbocycles. The van der Waals surface area contributed by atoms with E-state index in [2.05, 4.69) is 10.6 Å². The van der Waals surface area contributed by atoms with Crippen LogP contribution >= 0.6 is 11.3 Å². The Morgan fingerprint density at radius 2 is 1.83 bits per heavy atom. The molecule has 3 rings (SSSR count). The van der Waals surface area contributed by atoms with E-state index in [1.54, 1.807) is 62.5 Å². The van der Waals surface area contributed by atoms with Crippen molar-refractivity contribution in [3.05, 3.63) is 59.2 Å². The molecule has 0 bridgehead atoms. The maximum Gasteiger partial charge on any atom is 0.341 e. The molecule has 0 saturated heterocycles. The zero-order chi connectivity index (χ0) is 21.7. The number of esters is 1. The Bertz CT molecular complexity index is 1040. The van der Waals surface area contributed by atoms with Gasteiger partial charge >= 0.3 is 5.97 Å². The maximum atomic E-state index is 12.7. The van der Waals surface area contributed by atoms with E-state index in [0.717, 1.165) is 0 Å². The van der Waals surface area contributed by atoms with Gasteiger partial charge in [-0.3, -0.25) is 9.59 Å². The van der Waals surface area contributed by atoms with Gasteiger partial charge in [-0.2, -0.15) is 0 Å². The van der Waals surface area contributed by atoms with Crippen molar-refractivity contribution in [3.63, 3.8) is 0 Å². The molecule has 1 aromatic carbocycles. The molecule has 0 aliphatic rings. The lowest BCUT2D eigenvalue weighted by molar-refractivity contribution is -0.118. The molecular formula is C22H22N2O5S. The third-order valence-electron chi connectivity index (χ3n) is 4.22. The number of carbonyl (C=O) groups is 3. The third-order valence-corrected chi connectivity index (χ3v) is 5.12. The van der Waals surface area contributed by atoms with Crippen LogP contribution in [0.2, 0.25) is 0 Å². The fraction of sp³-hybridized carbons (Fsp3) is 0.227. The van der Waals surface area contributed by atoms with Crippen LogP contribution in [0.1, 0.15) is 41.5 Å². The van der Waals surface area contributed by atoms with E-state index < -0.39 is 5.97 Å². The Kier molecular flexibility index (Phi) is 6.68. The molecule has 0 spiro atoms. The normalized spacial score (nSPS) is 10.7. The minimum Gasteiger partial charge on any atom is -0.464 e. The predicted molar refractivity (Wildman–Crippen MR) is 116 cm³/mol. The molecule has 2 amide bonds. The molecule has 2 N–H and O–H groups in total. The van der Waals surface area contributed by atoms with E-state index in [1.807, 2.05) is 0 Å². The molecule has 0 aliphatic heterocycles. The largest absolute Gasteiger partial charge is 0.464 e. The molecule has 2 heterocycles. The first-order valence-corrected chi connectivity index (χ1v) is 10.3. The molecule has 0 atom stereocenters. The van der Waals surface area contributed by atoms with Gasteiger partial charge in [0, 0.05) is 28.1 Å². The zero-order valence-corrected chi connectivity index (χ0v) is 17.7. The van der Waals surface area contributed by atoms with Crippen LogP contribution in [0.15, 0.2) is 52.5 Å². The second kappa shape index (κ2) is 9.41. The lowest BCUT2D eigenvalue weighted by Gasteiger charge is -2.10. The summed E-state index contributed by atoms with van der Waals surface area (Å²) in [6.45, 7) is 5.53. The van der Waals surface area contributed by atoms with E-state index >= 15 is 0 Å². The second-order valence-corrected chi connectivity index (χ2v) is 7.61. The molecule has 8 heteroatoms. The van der Waals surface area contributed by atoms with Crippen molar-refractivity contribution in [3.8, 4) is 11.3 Å². The number of ether oxygens (including phenoxy) is 1. The number of furan rings is 1. The minimum atomic E-state index is -0.535. The van der Waals surface area contributed by atoms with Gasteiger partial charge in [-0.15, -0.1) is 11.3 Å². The van der Waals surface area contributed by atoms with E-state index in [4.69, 9.17) is 9.15 Å². The van der Waals surface area contributed by atoms with Crippen molar-refractivity contribution in [1.29, 1.82) is 0 Å². The summed E-state index contributed by atoms with van der Waals surface area (Å²) in [6.07, 6.45) is 1.51. The number of hydrogen-bond donors (Lipinski definition) is 2. The molecule has 7 nitrogen and oxygen atoms in total. The SMILES string of the molecule is CCOC(=O)c1c(-c2ccco2)csc1NC(=O)c1ccc(NC(=O)C(C)C)cc1. The lowest BCUT2D eigenvalue weighted by Crippen LogP contribution is -2.18. The van der Waals surface area contributed by atoms with Crippen LogP contribution in [-0.2, 0) is 9.53 Å². The topological polar surface area (TPSA) is 97.6 Å². The predicted octanol–water partition coefficient (Wildman–Crippen LogP) is 5.03. The third kappa shape index (κ3) is 4.77. The van der Waals surface area contributed by atoms with Crippen LogP contribution in [0, 0.1) is 5.92 Å². The fourth-order valence-electron chi connectivity index (χ4n) is 2.64. The average Bonchev–Trinajstić information content (AvgIpc) is 3.38. The molecule has 0 fully saturated rings. The molecule has 2 aromatic heterocycles. The summed E-state index contributed by atoms with van der Waals surface area (Å²) in [5, 5.41) is 7.67. The molecule has 0 saturated carbocycles. The van der Waals surface area contributed by atoms with Crippen molar-refractivity contribution in [2.75, 3.05) is 17.2 Å². The van der Waals surface area contributed by atoms with Crippen molar-refractivity contribution < 1.29 is 23.5 Å². The average molecular weight is 426 g/mol. The van der Waals surface area contributed by atoms with Gasteiger partial charge in [0.2, 0.25) is 5.91 Å². The van der Waals surface area contributed by atoms with Gasteiger partial charge in [0.1, 0.15) is 16.3 Å². The highest BCUT2D eigenvalue weighted by Crippen LogP contribution is 2.36. The summed E-state index contributed by atoms with van der Waals surface area (Å²) < 4.78 is 10.6. The van der Waals surface area contributed by atoms with Crippen LogP contribution < -0.4 is 10.6 Å². The summed E-state index contributed by atoms with van der Waals surface area (Å²) in [6, 6.07) is 9.99. The lowest BCUT2D eigenvalue weighted by atomic mass is 10.1. The van der Waals surface area contributed by atoms with Crippen LogP contribution in [-0.4, -0.2) is 24.4 Å². The number of amides is 2. The van der Waals surface area contributed by atoms with E-state index in [9.17, 15) is 14.4 Å². The minimum absolute atomic E-state index is 0.102. The van der Waals surface area contributed by atoms with Gasteiger partial charge in [0.15, 0.2) is 0 Å². The molecule has 3 aromatic rings. The number of anilines is 2.